The third-order valence-corrected chi connectivity index (χ3v) is 4.12. The molecule has 0 spiro atoms. The minimum Gasteiger partial charge on any atom is -0.303 e. The maximum Gasteiger partial charge on any atom is 0.135 e. The number of Topliss-reactive ketones (excluding diaryl/α,β-unsaturated/α-hetero) is 1. The van der Waals surface area contributed by atoms with E-state index in [2.05, 4.69) is 25.7 Å². The summed E-state index contributed by atoms with van der Waals surface area (Å²) in [5.74, 6) is 0.764. The van der Waals surface area contributed by atoms with E-state index >= 15 is 0 Å². The predicted molar refractivity (Wildman–Crippen MR) is 63.9 cm³/mol. The Labute approximate surface area is 94.0 Å². The fourth-order valence-electron chi connectivity index (χ4n) is 2.10. The van der Waals surface area contributed by atoms with Gasteiger partial charge in [0.1, 0.15) is 5.78 Å². The first-order valence-electron chi connectivity index (χ1n) is 6.18. The van der Waals surface area contributed by atoms with Gasteiger partial charge in [-0.2, -0.15) is 0 Å². The number of hydrogen-bond acceptors (Lipinski definition) is 2. The molecule has 2 nitrogen and oxygen atoms in total. The summed E-state index contributed by atoms with van der Waals surface area (Å²) in [5, 5.41) is 0. The minimum atomic E-state index is -0.169. The van der Waals surface area contributed by atoms with Crippen molar-refractivity contribution in [1.29, 1.82) is 0 Å². The largest absolute Gasteiger partial charge is 0.303 e. The Morgan fingerprint density at radius 2 is 1.80 bits per heavy atom. The van der Waals surface area contributed by atoms with Crippen LogP contribution < -0.4 is 0 Å². The lowest BCUT2D eigenvalue weighted by Gasteiger charge is -2.35. The summed E-state index contributed by atoms with van der Waals surface area (Å²) in [6, 6.07) is 0. The van der Waals surface area contributed by atoms with Gasteiger partial charge in [0.05, 0.1) is 0 Å². The zero-order valence-electron chi connectivity index (χ0n) is 10.7. The smallest absolute Gasteiger partial charge is 0.135 e. The minimum absolute atomic E-state index is 0.169. The Morgan fingerprint density at radius 1 is 1.27 bits per heavy atom. The van der Waals surface area contributed by atoms with Gasteiger partial charge >= 0.3 is 0 Å². The Hall–Kier alpha value is -0.370. The van der Waals surface area contributed by atoms with E-state index in [4.69, 9.17) is 0 Å². The first-order valence-corrected chi connectivity index (χ1v) is 6.18. The van der Waals surface area contributed by atoms with Crippen molar-refractivity contribution in [2.24, 2.45) is 11.3 Å². The molecule has 1 saturated heterocycles. The molecular formula is C13H25NO. The van der Waals surface area contributed by atoms with Gasteiger partial charge in [0.25, 0.3) is 0 Å². The van der Waals surface area contributed by atoms with Gasteiger partial charge in [0.2, 0.25) is 0 Å². The van der Waals surface area contributed by atoms with Crippen molar-refractivity contribution < 1.29 is 4.79 Å². The number of carbonyl (C=O) groups is 1. The molecule has 1 atom stereocenters. The molecule has 0 amide bonds. The molecule has 0 N–H and O–H groups in total. The van der Waals surface area contributed by atoms with E-state index in [1.807, 2.05) is 0 Å². The van der Waals surface area contributed by atoms with E-state index in [1.54, 1.807) is 6.92 Å². The number of rotatable bonds is 4. The molecule has 0 aromatic rings. The van der Waals surface area contributed by atoms with Crippen LogP contribution in [0.15, 0.2) is 0 Å². The van der Waals surface area contributed by atoms with E-state index in [1.165, 1.54) is 32.4 Å². The van der Waals surface area contributed by atoms with Crippen molar-refractivity contribution in [3.05, 3.63) is 0 Å². The van der Waals surface area contributed by atoms with Crippen LogP contribution in [0.2, 0.25) is 0 Å². The average molecular weight is 211 g/mol. The number of carbonyl (C=O) groups excluding carboxylic acids is 1. The zero-order valence-corrected chi connectivity index (χ0v) is 10.7. The Bertz CT molecular complexity index is 217. The molecule has 1 heterocycles. The fourth-order valence-corrected chi connectivity index (χ4v) is 2.10. The van der Waals surface area contributed by atoms with Gasteiger partial charge < -0.3 is 4.90 Å². The van der Waals surface area contributed by atoms with E-state index in [0.29, 0.717) is 11.7 Å². The van der Waals surface area contributed by atoms with Crippen molar-refractivity contribution >= 4 is 5.78 Å². The lowest BCUT2D eigenvalue weighted by Crippen LogP contribution is -2.40. The summed E-state index contributed by atoms with van der Waals surface area (Å²) in [4.78, 5) is 14.0. The van der Waals surface area contributed by atoms with Crippen LogP contribution in [-0.2, 0) is 4.79 Å². The monoisotopic (exact) mass is 211 g/mol. The summed E-state index contributed by atoms with van der Waals surface area (Å²) >= 11 is 0. The maximum absolute atomic E-state index is 11.5. The molecule has 0 saturated carbocycles. The van der Waals surface area contributed by atoms with Crippen LogP contribution in [0.3, 0.4) is 0 Å². The molecule has 1 aliphatic rings. The molecule has 15 heavy (non-hydrogen) atoms. The highest BCUT2D eigenvalue weighted by molar-refractivity contribution is 5.81. The van der Waals surface area contributed by atoms with Gasteiger partial charge in [0.15, 0.2) is 0 Å². The number of piperidine rings is 1. The van der Waals surface area contributed by atoms with Gasteiger partial charge in [-0.1, -0.05) is 27.2 Å². The summed E-state index contributed by atoms with van der Waals surface area (Å²) in [7, 11) is 0. The lowest BCUT2D eigenvalue weighted by molar-refractivity contribution is -0.127. The van der Waals surface area contributed by atoms with Crippen LogP contribution in [0.4, 0.5) is 0 Å². The summed E-state index contributed by atoms with van der Waals surface area (Å²) in [6.07, 6.45) is 4.03. The van der Waals surface area contributed by atoms with Crippen molar-refractivity contribution in [2.45, 2.75) is 47.0 Å². The number of hydrogen-bond donors (Lipinski definition) is 0. The molecule has 2 heteroatoms. The summed E-state index contributed by atoms with van der Waals surface area (Å²) < 4.78 is 0. The van der Waals surface area contributed by atoms with Crippen LogP contribution >= 0.6 is 0 Å². The quantitative estimate of drug-likeness (QED) is 0.712. The van der Waals surface area contributed by atoms with Gasteiger partial charge in [-0.3, -0.25) is 4.79 Å². The Morgan fingerprint density at radius 3 is 2.27 bits per heavy atom. The Balaban J connectivity index is 2.46. The first-order chi connectivity index (χ1) is 6.94. The molecule has 88 valence electrons. The molecule has 1 fully saturated rings. The van der Waals surface area contributed by atoms with Crippen LogP contribution in [0.1, 0.15) is 47.0 Å². The third kappa shape index (κ3) is 3.30. The zero-order chi connectivity index (χ0) is 11.5. The Kier molecular flexibility index (Phi) is 4.32. The highest BCUT2D eigenvalue weighted by Crippen LogP contribution is 2.28. The number of ketones is 1. The second-order valence-electron chi connectivity index (χ2n) is 5.54. The van der Waals surface area contributed by atoms with Crippen LogP contribution in [0.5, 0.6) is 0 Å². The van der Waals surface area contributed by atoms with E-state index in [0.717, 1.165) is 6.54 Å². The molecule has 1 rings (SSSR count). The molecule has 0 aromatic heterocycles. The number of likely N-dealkylation sites (tertiary alicyclic amines) is 1. The van der Waals surface area contributed by atoms with Gasteiger partial charge in [-0.05, 0) is 38.8 Å². The second-order valence-corrected chi connectivity index (χ2v) is 5.54. The summed E-state index contributed by atoms with van der Waals surface area (Å²) in [6.45, 7) is 11.6. The van der Waals surface area contributed by atoms with E-state index < -0.39 is 0 Å². The topological polar surface area (TPSA) is 20.3 Å². The highest BCUT2D eigenvalue weighted by Gasteiger charge is 2.31. The van der Waals surface area contributed by atoms with Crippen LogP contribution in [0.25, 0.3) is 0 Å². The van der Waals surface area contributed by atoms with Crippen molar-refractivity contribution in [1.82, 2.24) is 4.90 Å². The molecule has 1 aliphatic heterocycles. The molecule has 1 unspecified atom stereocenters. The normalized spacial score (nSPS) is 21.3. The van der Waals surface area contributed by atoms with Gasteiger partial charge in [-0.15, -0.1) is 0 Å². The first kappa shape index (κ1) is 12.7. The summed E-state index contributed by atoms with van der Waals surface area (Å²) in [5.41, 5.74) is -0.169. The molecule has 0 radical (unpaired) electrons. The highest BCUT2D eigenvalue weighted by atomic mass is 16.1. The van der Waals surface area contributed by atoms with Crippen molar-refractivity contribution in [3.63, 3.8) is 0 Å². The van der Waals surface area contributed by atoms with Crippen molar-refractivity contribution in [2.75, 3.05) is 19.6 Å². The molecule has 0 aliphatic carbocycles. The third-order valence-electron chi connectivity index (χ3n) is 4.12. The second kappa shape index (κ2) is 5.11. The SMILES string of the molecule is CC(=O)C(C)(C)C(C)CN1CCCCC1. The van der Waals surface area contributed by atoms with Gasteiger partial charge in [-0.25, -0.2) is 0 Å². The van der Waals surface area contributed by atoms with Crippen molar-refractivity contribution in [3.8, 4) is 0 Å². The maximum atomic E-state index is 11.5. The van der Waals surface area contributed by atoms with Crippen LogP contribution in [-0.4, -0.2) is 30.3 Å². The lowest BCUT2D eigenvalue weighted by atomic mass is 9.76. The fraction of sp³-hybridized carbons (Fsp3) is 0.923. The average Bonchev–Trinajstić information content (AvgIpc) is 2.18. The molecule has 0 aromatic carbocycles. The standard InChI is InChI=1S/C13H25NO/c1-11(13(3,4)12(2)15)10-14-8-6-5-7-9-14/h11H,5-10H2,1-4H3. The predicted octanol–water partition coefficient (Wildman–Crippen LogP) is 2.72. The van der Waals surface area contributed by atoms with Gasteiger partial charge in [0, 0.05) is 12.0 Å². The van der Waals surface area contributed by atoms with E-state index in [-0.39, 0.29) is 5.41 Å². The van der Waals surface area contributed by atoms with E-state index in [9.17, 15) is 4.79 Å². The number of nitrogens with zero attached hydrogens (tertiary/aromatic N) is 1. The van der Waals surface area contributed by atoms with Crippen LogP contribution in [0, 0.1) is 11.3 Å². The molecular weight excluding hydrogens is 186 g/mol. The molecule has 0 bridgehead atoms.